The Hall–Kier alpha value is -0.940. The van der Waals surface area contributed by atoms with Gasteiger partial charge in [0.1, 0.15) is 5.75 Å². The molecule has 0 bridgehead atoms. The van der Waals surface area contributed by atoms with Crippen LogP contribution in [0.3, 0.4) is 0 Å². The molecule has 0 spiro atoms. The number of alkyl halides is 3. The second kappa shape index (κ2) is 7.01. The predicted molar refractivity (Wildman–Crippen MR) is 69.7 cm³/mol. The van der Waals surface area contributed by atoms with Gasteiger partial charge < -0.3 is 10.1 Å². The van der Waals surface area contributed by atoms with Gasteiger partial charge in [-0.2, -0.15) is 13.2 Å². The molecule has 19 heavy (non-hydrogen) atoms. The number of nitrogens with one attached hydrogen (secondary N) is 1. The second-order valence-electron chi connectivity index (χ2n) is 4.22. The van der Waals surface area contributed by atoms with E-state index in [1.807, 2.05) is 6.92 Å². The fourth-order valence-electron chi connectivity index (χ4n) is 1.76. The van der Waals surface area contributed by atoms with E-state index in [1.165, 1.54) is 13.2 Å². The van der Waals surface area contributed by atoms with Crippen molar-refractivity contribution in [3.8, 4) is 5.75 Å². The maximum atomic E-state index is 12.6. The lowest BCUT2D eigenvalue weighted by molar-refractivity contribution is -0.140. The summed E-state index contributed by atoms with van der Waals surface area (Å²) in [6.45, 7) is 2.42. The molecule has 6 heteroatoms. The van der Waals surface area contributed by atoms with Crippen LogP contribution in [0.4, 0.5) is 13.2 Å². The molecule has 0 amide bonds. The third-order valence-electron chi connectivity index (χ3n) is 2.65. The Kier molecular flexibility index (Phi) is 5.94. The molecule has 0 aliphatic heterocycles. The summed E-state index contributed by atoms with van der Waals surface area (Å²) >= 11 is 5.94. The van der Waals surface area contributed by atoms with Gasteiger partial charge >= 0.3 is 6.18 Å². The van der Waals surface area contributed by atoms with E-state index < -0.39 is 18.6 Å². The lowest BCUT2D eigenvalue weighted by Gasteiger charge is -2.21. The highest BCUT2D eigenvalue weighted by atomic mass is 35.5. The van der Waals surface area contributed by atoms with Crippen LogP contribution in [0.5, 0.6) is 5.75 Å². The van der Waals surface area contributed by atoms with E-state index in [0.29, 0.717) is 22.9 Å². The zero-order valence-corrected chi connectivity index (χ0v) is 11.6. The van der Waals surface area contributed by atoms with Crippen LogP contribution in [0.2, 0.25) is 5.02 Å². The van der Waals surface area contributed by atoms with Crippen LogP contribution in [0, 0.1) is 0 Å². The molecule has 2 nitrogen and oxygen atoms in total. The van der Waals surface area contributed by atoms with Gasteiger partial charge in [0, 0.05) is 6.04 Å². The fraction of sp³-hybridized carbons (Fsp3) is 0.538. The van der Waals surface area contributed by atoms with E-state index in [9.17, 15) is 13.2 Å². The molecule has 0 saturated carbocycles. The molecule has 108 valence electrons. The molecule has 1 aromatic rings. The number of hydrogen-bond acceptors (Lipinski definition) is 2. The highest BCUT2D eigenvalue weighted by Gasteiger charge is 2.32. The van der Waals surface area contributed by atoms with Gasteiger partial charge in [0.05, 0.1) is 18.6 Å². The van der Waals surface area contributed by atoms with E-state index in [2.05, 4.69) is 5.32 Å². The maximum absolute atomic E-state index is 12.6. The molecule has 1 atom stereocenters. The predicted octanol–water partition coefficient (Wildman–Crippen LogP) is 4.34. The molecule has 0 aliphatic carbocycles. The third-order valence-corrected chi connectivity index (χ3v) is 2.95. The number of methoxy groups -OCH3 is 1. The number of rotatable bonds is 6. The van der Waals surface area contributed by atoms with Crippen LogP contribution in [0.15, 0.2) is 18.2 Å². The minimum Gasteiger partial charge on any atom is -0.495 e. The van der Waals surface area contributed by atoms with E-state index in [4.69, 9.17) is 16.3 Å². The number of halogens is 4. The first-order valence-electron chi connectivity index (χ1n) is 6.01. The summed E-state index contributed by atoms with van der Waals surface area (Å²) in [7, 11) is 1.46. The van der Waals surface area contributed by atoms with Crippen molar-refractivity contribution < 1.29 is 17.9 Å². The van der Waals surface area contributed by atoms with E-state index in [0.717, 1.165) is 6.42 Å². The first-order chi connectivity index (χ1) is 8.87. The van der Waals surface area contributed by atoms with Gasteiger partial charge in [-0.15, -0.1) is 0 Å². The van der Waals surface area contributed by atoms with Crippen LogP contribution < -0.4 is 10.1 Å². The Balaban J connectivity index is 2.93. The smallest absolute Gasteiger partial charge is 0.390 e. The molecule has 0 fully saturated rings. The van der Waals surface area contributed by atoms with Crippen molar-refractivity contribution in [2.45, 2.75) is 32.0 Å². The highest BCUT2D eigenvalue weighted by Crippen LogP contribution is 2.33. The molecule has 0 saturated heterocycles. The maximum Gasteiger partial charge on any atom is 0.390 e. The summed E-state index contributed by atoms with van der Waals surface area (Å²) in [6, 6.07) is 3.90. The second-order valence-corrected chi connectivity index (χ2v) is 4.63. The topological polar surface area (TPSA) is 21.3 Å². The van der Waals surface area contributed by atoms with Crippen LogP contribution >= 0.6 is 11.6 Å². The van der Waals surface area contributed by atoms with E-state index in [1.54, 1.807) is 12.1 Å². The molecule has 1 N–H and O–H groups in total. The molecular weight excluding hydrogens is 279 g/mol. The molecule has 0 aromatic heterocycles. The number of hydrogen-bond donors (Lipinski definition) is 1. The zero-order valence-electron chi connectivity index (χ0n) is 10.9. The summed E-state index contributed by atoms with van der Waals surface area (Å²) in [4.78, 5) is 0. The molecule has 1 unspecified atom stereocenters. The van der Waals surface area contributed by atoms with Crippen molar-refractivity contribution in [3.63, 3.8) is 0 Å². The molecule has 0 heterocycles. The normalized spacial score (nSPS) is 13.4. The van der Waals surface area contributed by atoms with Crippen molar-refractivity contribution in [1.29, 1.82) is 0 Å². The van der Waals surface area contributed by atoms with Gasteiger partial charge in [-0.05, 0) is 30.7 Å². The Morgan fingerprint density at radius 1 is 1.37 bits per heavy atom. The van der Waals surface area contributed by atoms with Crippen molar-refractivity contribution in [3.05, 3.63) is 28.8 Å². The minimum absolute atomic E-state index is 0.311. The summed E-state index contributed by atoms with van der Waals surface area (Å²) < 4.78 is 42.7. The fourth-order valence-corrected chi connectivity index (χ4v) is 2.02. The Bertz CT molecular complexity index is 409. The van der Waals surface area contributed by atoms with Gasteiger partial charge in [0.15, 0.2) is 0 Å². The van der Waals surface area contributed by atoms with Gasteiger partial charge in [-0.1, -0.05) is 24.6 Å². The number of benzene rings is 1. The minimum atomic E-state index is -4.22. The van der Waals surface area contributed by atoms with E-state index in [-0.39, 0.29) is 0 Å². The van der Waals surface area contributed by atoms with E-state index >= 15 is 0 Å². The summed E-state index contributed by atoms with van der Waals surface area (Å²) in [5.41, 5.74) is 0.511. The number of ether oxygens (including phenoxy) is 1. The molecule has 1 rings (SSSR count). The zero-order chi connectivity index (χ0) is 14.5. The quantitative estimate of drug-likeness (QED) is 0.843. The summed E-state index contributed by atoms with van der Waals surface area (Å²) in [5.74, 6) is 0.451. The Labute approximate surface area is 115 Å². The first-order valence-corrected chi connectivity index (χ1v) is 6.38. The van der Waals surface area contributed by atoms with Crippen LogP contribution in [-0.2, 0) is 0 Å². The van der Waals surface area contributed by atoms with Crippen molar-refractivity contribution in [2.75, 3.05) is 13.7 Å². The molecule has 0 aliphatic rings. The third kappa shape index (κ3) is 5.28. The van der Waals surface area contributed by atoms with Crippen LogP contribution in [0.25, 0.3) is 0 Å². The Morgan fingerprint density at radius 3 is 2.53 bits per heavy atom. The van der Waals surface area contributed by atoms with Gasteiger partial charge in [-0.3, -0.25) is 0 Å². The SMILES string of the molecule is CCCNC(CC(F)(F)F)c1ccc(OC)c(Cl)c1. The average Bonchev–Trinajstić information content (AvgIpc) is 2.33. The van der Waals surface area contributed by atoms with Crippen molar-refractivity contribution in [2.24, 2.45) is 0 Å². The molecular formula is C13H17ClF3NO. The van der Waals surface area contributed by atoms with Crippen LogP contribution in [-0.4, -0.2) is 19.8 Å². The summed E-state index contributed by atoms with van der Waals surface area (Å²) in [6.07, 6.45) is -4.38. The lowest BCUT2D eigenvalue weighted by Crippen LogP contribution is -2.27. The van der Waals surface area contributed by atoms with Crippen molar-refractivity contribution in [1.82, 2.24) is 5.32 Å². The summed E-state index contributed by atoms with van der Waals surface area (Å²) in [5, 5.41) is 3.20. The van der Waals surface area contributed by atoms with Gasteiger partial charge in [0.2, 0.25) is 0 Å². The van der Waals surface area contributed by atoms with Crippen molar-refractivity contribution >= 4 is 11.6 Å². The highest BCUT2D eigenvalue weighted by molar-refractivity contribution is 6.32. The lowest BCUT2D eigenvalue weighted by atomic mass is 10.0. The van der Waals surface area contributed by atoms with Gasteiger partial charge in [0.25, 0.3) is 0 Å². The van der Waals surface area contributed by atoms with Gasteiger partial charge in [-0.25, -0.2) is 0 Å². The largest absolute Gasteiger partial charge is 0.495 e. The van der Waals surface area contributed by atoms with Crippen LogP contribution in [0.1, 0.15) is 31.4 Å². The Morgan fingerprint density at radius 2 is 2.05 bits per heavy atom. The standard InChI is InChI=1S/C13H17ClF3NO/c1-3-6-18-11(8-13(15,16)17)9-4-5-12(19-2)10(14)7-9/h4-5,7,11,18H,3,6,8H2,1-2H3. The monoisotopic (exact) mass is 295 g/mol. The first kappa shape index (κ1) is 16.1. The molecule has 0 radical (unpaired) electrons. The molecule has 1 aromatic carbocycles. The average molecular weight is 296 g/mol.